The van der Waals surface area contributed by atoms with E-state index < -0.39 is 6.04 Å². The lowest BCUT2D eigenvalue weighted by molar-refractivity contribution is -0.121. The number of thiophene rings is 1. The summed E-state index contributed by atoms with van der Waals surface area (Å²) in [5, 5.41) is 2.44. The van der Waals surface area contributed by atoms with E-state index in [4.69, 9.17) is 4.74 Å². The molecule has 0 saturated heterocycles. The van der Waals surface area contributed by atoms with Gasteiger partial charge in [0, 0.05) is 23.1 Å². The minimum atomic E-state index is -0.775. The Hall–Kier alpha value is -3.78. The van der Waals surface area contributed by atoms with Gasteiger partial charge in [0.25, 0.3) is 11.5 Å². The lowest BCUT2D eigenvalue weighted by Crippen LogP contribution is -2.38. The second-order valence-electron chi connectivity index (χ2n) is 8.30. The molecule has 0 aliphatic carbocycles. The van der Waals surface area contributed by atoms with E-state index in [0.717, 1.165) is 16.7 Å². The van der Waals surface area contributed by atoms with Gasteiger partial charge in [0.05, 0.1) is 23.4 Å². The highest BCUT2D eigenvalue weighted by atomic mass is 32.1. The molecular formula is C26H23N3O4S. The van der Waals surface area contributed by atoms with Crippen LogP contribution in [0.3, 0.4) is 0 Å². The first-order chi connectivity index (χ1) is 16.4. The average Bonchev–Trinajstić information content (AvgIpc) is 3.28. The number of fused-ring (bicyclic) bond motifs is 2. The van der Waals surface area contributed by atoms with Crippen molar-refractivity contribution < 1.29 is 14.3 Å². The molecule has 2 aromatic heterocycles. The van der Waals surface area contributed by atoms with E-state index in [9.17, 15) is 14.4 Å². The van der Waals surface area contributed by atoms with E-state index in [1.165, 1.54) is 22.2 Å². The largest absolute Gasteiger partial charge is 0.482 e. The lowest BCUT2D eigenvalue weighted by Gasteiger charge is -2.28. The quantitative estimate of drug-likeness (QED) is 0.395. The van der Waals surface area contributed by atoms with Gasteiger partial charge in [-0.2, -0.15) is 0 Å². The highest BCUT2D eigenvalue weighted by Gasteiger charge is 2.27. The fraction of sp³-hybridized carbons (Fsp3) is 0.231. The molecule has 8 heteroatoms. The highest BCUT2D eigenvalue weighted by Crippen LogP contribution is 2.34. The lowest BCUT2D eigenvalue weighted by atomic mass is 10.0. The van der Waals surface area contributed by atoms with Crippen molar-refractivity contribution in [3.05, 3.63) is 75.7 Å². The predicted molar refractivity (Wildman–Crippen MR) is 133 cm³/mol. The smallest absolute Gasteiger partial charge is 0.265 e. The Labute approximate surface area is 200 Å². The van der Waals surface area contributed by atoms with E-state index in [0.29, 0.717) is 33.8 Å². The molecule has 7 nitrogen and oxygen atoms in total. The number of Topliss-reactive ketones (excluding diaryl/α,β-unsaturated/α-hetero) is 1. The number of aryl methyl sites for hydroxylation is 1. The zero-order valence-corrected chi connectivity index (χ0v) is 19.9. The molecule has 4 aromatic rings. The molecule has 0 saturated carbocycles. The molecule has 1 atom stereocenters. The van der Waals surface area contributed by atoms with E-state index in [-0.39, 0.29) is 23.9 Å². The number of aromatic nitrogens is 2. The molecule has 2 aromatic carbocycles. The van der Waals surface area contributed by atoms with Gasteiger partial charge in [-0.25, -0.2) is 4.98 Å². The summed E-state index contributed by atoms with van der Waals surface area (Å²) >= 11 is 1.41. The first kappa shape index (κ1) is 22.0. The normalized spacial score (nSPS) is 14.1. The number of hydrogen-bond donors (Lipinski definition) is 0. The monoisotopic (exact) mass is 473 g/mol. The van der Waals surface area contributed by atoms with Crippen molar-refractivity contribution in [1.29, 1.82) is 0 Å². The molecular weight excluding hydrogens is 450 g/mol. The molecule has 172 valence electrons. The standard InChI is InChI=1S/C26H23N3O4S/c1-4-28-20-11-18(9-10-21(20)33-12-22(28)30)24(31)16(3)29-14-27-25-23(26(29)32)19(13-34-25)17-7-5-15(2)6-8-17/h5-11,13-14,16H,4,12H2,1-3H3. The third kappa shape index (κ3) is 3.60. The minimum absolute atomic E-state index is 0.0183. The molecule has 0 bridgehead atoms. The Morgan fingerprint density at radius 1 is 1.18 bits per heavy atom. The van der Waals surface area contributed by atoms with Crippen LogP contribution < -0.4 is 15.2 Å². The summed E-state index contributed by atoms with van der Waals surface area (Å²) < 4.78 is 6.88. The second kappa shape index (κ2) is 8.53. The van der Waals surface area contributed by atoms with Crippen LogP contribution in [0.5, 0.6) is 5.75 Å². The molecule has 1 aliphatic rings. The molecule has 0 fully saturated rings. The maximum absolute atomic E-state index is 13.5. The molecule has 1 aliphatic heterocycles. The van der Waals surface area contributed by atoms with Gasteiger partial charge in [0.1, 0.15) is 10.6 Å². The second-order valence-corrected chi connectivity index (χ2v) is 9.16. The van der Waals surface area contributed by atoms with Crippen LogP contribution >= 0.6 is 11.3 Å². The Balaban J connectivity index is 1.54. The van der Waals surface area contributed by atoms with Gasteiger partial charge in [-0.1, -0.05) is 29.8 Å². The fourth-order valence-corrected chi connectivity index (χ4v) is 5.14. The molecule has 0 N–H and O–H groups in total. The highest BCUT2D eigenvalue weighted by molar-refractivity contribution is 7.17. The summed E-state index contributed by atoms with van der Waals surface area (Å²) in [6.45, 7) is 6.03. The van der Waals surface area contributed by atoms with Gasteiger partial charge in [0.2, 0.25) is 0 Å². The van der Waals surface area contributed by atoms with E-state index >= 15 is 0 Å². The minimum Gasteiger partial charge on any atom is -0.482 e. The number of carbonyl (C=O) groups excluding carboxylic acids is 2. The van der Waals surface area contributed by atoms with Crippen molar-refractivity contribution in [2.45, 2.75) is 26.8 Å². The Bertz CT molecular complexity index is 1490. The molecule has 1 unspecified atom stereocenters. The summed E-state index contributed by atoms with van der Waals surface area (Å²) in [5.41, 5.74) is 3.60. The van der Waals surface area contributed by atoms with Crippen LogP contribution in [0, 0.1) is 6.92 Å². The van der Waals surface area contributed by atoms with Gasteiger partial charge >= 0.3 is 0 Å². The molecule has 5 rings (SSSR count). The fourth-order valence-electron chi connectivity index (χ4n) is 4.24. The van der Waals surface area contributed by atoms with Crippen molar-refractivity contribution >= 4 is 38.9 Å². The Morgan fingerprint density at radius 2 is 1.94 bits per heavy atom. The van der Waals surface area contributed by atoms with Crippen molar-refractivity contribution in [1.82, 2.24) is 9.55 Å². The van der Waals surface area contributed by atoms with Crippen LogP contribution in [0.2, 0.25) is 0 Å². The number of ketones is 1. The number of carbonyl (C=O) groups is 2. The van der Waals surface area contributed by atoms with Crippen LogP contribution in [-0.4, -0.2) is 34.4 Å². The predicted octanol–water partition coefficient (Wildman–Crippen LogP) is 4.62. The van der Waals surface area contributed by atoms with Gasteiger partial charge in [0.15, 0.2) is 12.4 Å². The number of hydrogen-bond acceptors (Lipinski definition) is 6. The Kier molecular flexibility index (Phi) is 5.53. The molecule has 3 heterocycles. The van der Waals surface area contributed by atoms with Crippen LogP contribution in [-0.2, 0) is 4.79 Å². The van der Waals surface area contributed by atoms with Crippen LogP contribution in [0.1, 0.15) is 35.8 Å². The molecule has 0 spiro atoms. The summed E-state index contributed by atoms with van der Waals surface area (Å²) in [5.74, 6) is 0.166. The zero-order chi connectivity index (χ0) is 24.0. The van der Waals surface area contributed by atoms with E-state index in [2.05, 4.69) is 4.98 Å². The summed E-state index contributed by atoms with van der Waals surface area (Å²) in [4.78, 5) is 45.8. The van der Waals surface area contributed by atoms with Crippen molar-refractivity contribution in [3.8, 4) is 16.9 Å². The maximum Gasteiger partial charge on any atom is 0.265 e. The summed E-state index contributed by atoms with van der Waals surface area (Å²) in [7, 11) is 0. The van der Waals surface area contributed by atoms with Crippen LogP contribution in [0.4, 0.5) is 5.69 Å². The van der Waals surface area contributed by atoms with Gasteiger partial charge in [-0.3, -0.25) is 19.0 Å². The maximum atomic E-state index is 13.5. The number of anilines is 1. The number of ether oxygens (including phenoxy) is 1. The first-order valence-corrected chi connectivity index (χ1v) is 11.9. The summed E-state index contributed by atoms with van der Waals surface area (Å²) in [6, 6.07) is 12.2. The molecule has 34 heavy (non-hydrogen) atoms. The topological polar surface area (TPSA) is 81.5 Å². The van der Waals surface area contributed by atoms with E-state index in [1.54, 1.807) is 30.0 Å². The van der Waals surface area contributed by atoms with E-state index in [1.807, 2.05) is 43.5 Å². The van der Waals surface area contributed by atoms with Gasteiger partial charge in [-0.05, 0) is 44.5 Å². The summed E-state index contributed by atoms with van der Waals surface area (Å²) in [6.07, 6.45) is 1.44. The van der Waals surface area contributed by atoms with Gasteiger partial charge < -0.3 is 9.64 Å². The molecule has 1 amide bonds. The third-order valence-corrected chi connectivity index (χ3v) is 7.07. The van der Waals surface area contributed by atoms with Crippen molar-refractivity contribution in [3.63, 3.8) is 0 Å². The number of nitrogens with zero attached hydrogens (tertiary/aromatic N) is 3. The van der Waals surface area contributed by atoms with Gasteiger partial charge in [-0.15, -0.1) is 11.3 Å². The number of likely N-dealkylation sites (N-methyl/N-ethyl adjacent to an activating group) is 1. The first-order valence-electron chi connectivity index (χ1n) is 11.1. The number of amides is 1. The van der Waals surface area contributed by atoms with Crippen molar-refractivity contribution in [2.24, 2.45) is 0 Å². The average molecular weight is 474 g/mol. The number of benzene rings is 2. The SMILES string of the molecule is CCN1C(=O)COc2ccc(C(=O)C(C)n3cnc4scc(-c5ccc(C)cc5)c4c3=O)cc21. The Morgan fingerprint density at radius 3 is 2.68 bits per heavy atom. The zero-order valence-electron chi connectivity index (χ0n) is 19.1. The van der Waals surface area contributed by atoms with Crippen molar-refractivity contribution in [2.75, 3.05) is 18.1 Å². The van der Waals surface area contributed by atoms with Crippen LogP contribution in [0.15, 0.2) is 59.0 Å². The molecule has 0 radical (unpaired) electrons. The third-order valence-electron chi connectivity index (χ3n) is 6.18. The number of rotatable bonds is 5. The van der Waals surface area contributed by atoms with Crippen LogP contribution in [0.25, 0.3) is 21.3 Å².